The number of rotatable bonds is 4. The molecule has 1 aliphatic heterocycles. The Morgan fingerprint density at radius 3 is 3.00 bits per heavy atom. The third-order valence-corrected chi connectivity index (χ3v) is 3.00. The quantitative estimate of drug-likeness (QED) is 0.898. The van der Waals surface area contributed by atoms with Gasteiger partial charge < -0.3 is 14.8 Å². The Kier molecular flexibility index (Phi) is 4.76. The fraction of sp³-hybridized carbons (Fsp3) is 0.429. The van der Waals surface area contributed by atoms with Gasteiger partial charge in [0.05, 0.1) is 0 Å². The maximum atomic E-state index is 12.0. The van der Waals surface area contributed by atoms with E-state index in [0.29, 0.717) is 24.7 Å². The summed E-state index contributed by atoms with van der Waals surface area (Å²) in [6, 6.07) is 8.96. The van der Waals surface area contributed by atoms with Crippen molar-refractivity contribution in [2.24, 2.45) is 5.92 Å². The van der Waals surface area contributed by atoms with Crippen molar-refractivity contribution in [2.45, 2.75) is 12.8 Å². The molecule has 0 aliphatic carbocycles. The van der Waals surface area contributed by atoms with Gasteiger partial charge in [0.2, 0.25) is 5.91 Å². The van der Waals surface area contributed by atoms with Gasteiger partial charge in [-0.2, -0.15) is 5.26 Å². The zero-order valence-electron chi connectivity index (χ0n) is 10.6. The van der Waals surface area contributed by atoms with Gasteiger partial charge in [-0.25, -0.2) is 0 Å². The van der Waals surface area contributed by atoms with Crippen LogP contribution in [0.3, 0.4) is 0 Å². The highest BCUT2D eigenvalue weighted by Crippen LogP contribution is 2.20. The molecule has 2 rings (SSSR count). The Bertz CT molecular complexity index is 476. The number of hydrogen-bond donors (Lipinski definition) is 1. The van der Waals surface area contributed by atoms with Gasteiger partial charge in [-0.3, -0.25) is 4.79 Å². The first-order valence-corrected chi connectivity index (χ1v) is 6.28. The van der Waals surface area contributed by atoms with Crippen LogP contribution in [0.15, 0.2) is 24.3 Å². The summed E-state index contributed by atoms with van der Waals surface area (Å²) in [7, 11) is 0. The topological polar surface area (TPSA) is 71.3 Å². The molecule has 1 aromatic carbocycles. The van der Waals surface area contributed by atoms with Crippen molar-refractivity contribution < 1.29 is 14.3 Å². The molecule has 0 aromatic heterocycles. The number of nitrogens with zero attached hydrogens (tertiary/aromatic N) is 1. The zero-order valence-corrected chi connectivity index (χ0v) is 10.6. The van der Waals surface area contributed by atoms with Gasteiger partial charge in [-0.1, -0.05) is 6.07 Å². The number of ether oxygens (including phenoxy) is 2. The Morgan fingerprint density at radius 1 is 1.47 bits per heavy atom. The molecule has 1 N–H and O–H groups in total. The number of amides is 1. The third-order valence-electron chi connectivity index (χ3n) is 3.00. The third kappa shape index (κ3) is 3.97. The second kappa shape index (κ2) is 6.76. The van der Waals surface area contributed by atoms with Gasteiger partial charge in [0.1, 0.15) is 11.8 Å². The fourth-order valence-corrected chi connectivity index (χ4v) is 1.98. The first kappa shape index (κ1) is 13.4. The van der Waals surface area contributed by atoms with Gasteiger partial charge in [-0.05, 0) is 25.0 Å². The summed E-state index contributed by atoms with van der Waals surface area (Å²) in [5.74, 6) is 0.601. The summed E-state index contributed by atoms with van der Waals surface area (Å²) in [4.78, 5) is 12.0. The van der Waals surface area contributed by atoms with Crippen molar-refractivity contribution in [3.05, 3.63) is 24.3 Å². The summed E-state index contributed by atoms with van der Waals surface area (Å²) in [5.41, 5.74) is 0.687. The van der Waals surface area contributed by atoms with Crippen LogP contribution in [0.2, 0.25) is 0 Å². The molecule has 100 valence electrons. The van der Waals surface area contributed by atoms with E-state index in [1.165, 1.54) is 0 Å². The van der Waals surface area contributed by atoms with E-state index in [1.807, 2.05) is 6.07 Å². The van der Waals surface area contributed by atoms with Crippen LogP contribution in [-0.2, 0) is 9.53 Å². The van der Waals surface area contributed by atoms with Crippen molar-refractivity contribution in [1.29, 1.82) is 5.26 Å². The molecule has 19 heavy (non-hydrogen) atoms. The predicted octanol–water partition coefficient (Wildman–Crippen LogP) is 1.95. The monoisotopic (exact) mass is 260 g/mol. The number of nitrogens with one attached hydrogen (secondary N) is 1. The van der Waals surface area contributed by atoms with Gasteiger partial charge >= 0.3 is 0 Å². The van der Waals surface area contributed by atoms with Crippen molar-refractivity contribution >= 4 is 11.6 Å². The number of carbonyl (C=O) groups is 1. The zero-order chi connectivity index (χ0) is 13.5. The van der Waals surface area contributed by atoms with E-state index in [0.717, 1.165) is 12.8 Å². The summed E-state index contributed by atoms with van der Waals surface area (Å²) < 4.78 is 10.4. The van der Waals surface area contributed by atoms with E-state index >= 15 is 0 Å². The first-order valence-electron chi connectivity index (χ1n) is 6.28. The molecule has 0 saturated carbocycles. The van der Waals surface area contributed by atoms with E-state index < -0.39 is 0 Å². The number of nitriles is 1. The molecule has 0 unspecified atom stereocenters. The van der Waals surface area contributed by atoms with Gasteiger partial charge in [-0.15, -0.1) is 0 Å². The Hall–Kier alpha value is -2.06. The highest BCUT2D eigenvalue weighted by Gasteiger charge is 2.21. The average molecular weight is 260 g/mol. The second-order valence-electron chi connectivity index (χ2n) is 4.35. The number of benzene rings is 1. The molecule has 1 heterocycles. The van der Waals surface area contributed by atoms with E-state index in [1.54, 1.807) is 24.3 Å². The standard InChI is InChI=1S/C14H16N2O3/c15-6-9-19-13-3-1-2-12(10-13)16-14(17)11-4-7-18-8-5-11/h1-3,10-11H,4-5,7-9H2,(H,16,17). The van der Waals surface area contributed by atoms with Crippen LogP contribution in [0.5, 0.6) is 5.75 Å². The summed E-state index contributed by atoms with van der Waals surface area (Å²) in [6.07, 6.45) is 1.52. The lowest BCUT2D eigenvalue weighted by Gasteiger charge is -2.21. The molecular formula is C14H16N2O3. The van der Waals surface area contributed by atoms with Crippen LogP contribution in [0.25, 0.3) is 0 Å². The van der Waals surface area contributed by atoms with E-state index in [-0.39, 0.29) is 18.4 Å². The molecule has 1 aliphatic rings. The molecule has 5 heteroatoms. The number of carbonyl (C=O) groups excluding carboxylic acids is 1. The lowest BCUT2D eigenvalue weighted by molar-refractivity contribution is -0.122. The molecular weight excluding hydrogens is 244 g/mol. The summed E-state index contributed by atoms with van der Waals surface area (Å²) >= 11 is 0. The Labute approximate surface area is 112 Å². The predicted molar refractivity (Wildman–Crippen MR) is 69.7 cm³/mol. The van der Waals surface area contributed by atoms with E-state index in [4.69, 9.17) is 14.7 Å². The van der Waals surface area contributed by atoms with Crippen LogP contribution >= 0.6 is 0 Å². The van der Waals surface area contributed by atoms with Gasteiger partial charge in [0.25, 0.3) is 0 Å². The highest BCUT2D eigenvalue weighted by molar-refractivity contribution is 5.92. The van der Waals surface area contributed by atoms with E-state index in [2.05, 4.69) is 5.32 Å². The maximum absolute atomic E-state index is 12.0. The van der Waals surface area contributed by atoms with Crippen molar-refractivity contribution in [1.82, 2.24) is 0 Å². The molecule has 0 radical (unpaired) electrons. The molecule has 5 nitrogen and oxygen atoms in total. The molecule has 1 aromatic rings. The molecule has 0 bridgehead atoms. The number of hydrogen-bond acceptors (Lipinski definition) is 4. The normalized spacial score (nSPS) is 15.5. The minimum absolute atomic E-state index is 0.00262. The molecule has 1 fully saturated rings. The summed E-state index contributed by atoms with van der Waals surface area (Å²) in [6.45, 7) is 1.28. The van der Waals surface area contributed by atoms with E-state index in [9.17, 15) is 4.79 Å². The van der Waals surface area contributed by atoms with Crippen molar-refractivity contribution in [3.63, 3.8) is 0 Å². The average Bonchev–Trinajstić information content (AvgIpc) is 2.46. The van der Waals surface area contributed by atoms with Crippen LogP contribution in [0.4, 0.5) is 5.69 Å². The molecule has 0 atom stereocenters. The molecule has 1 amide bonds. The second-order valence-corrected chi connectivity index (χ2v) is 4.35. The summed E-state index contributed by atoms with van der Waals surface area (Å²) in [5, 5.41) is 11.3. The minimum atomic E-state index is -0.00262. The number of anilines is 1. The SMILES string of the molecule is N#CCOc1cccc(NC(=O)C2CCOCC2)c1. The fourth-order valence-electron chi connectivity index (χ4n) is 1.98. The van der Waals surface area contributed by atoms with Gasteiger partial charge in [0, 0.05) is 30.9 Å². The Balaban J connectivity index is 1.94. The Morgan fingerprint density at radius 2 is 2.26 bits per heavy atom. The van der Waals surface area contributed by atoms with Crippen molar-refractivity contribution in [3.8, 4) is 11.8 Å². The lowest BCUT2D eigenvalue weighted by Crippen LogP contribution is -2.28. The minimum Gasteiger partial charge on any atom is -0.479 e. The van der Waals surface area contributed by atoms with Gasteiger partial charge in [0.15, 0.2) is 6.61 Å². The molecule has 1 saturated heterocycles. The van der Waals surface area contributed by atoms with Crippen LogP contribution in [0, 0.1) is 17.2 Å². The van der Waals surface area contributed by atoms with Crippen LogP contribution in [0.1, 0.15) is 12.8 Å². The maximum Gasteiger partial charge on any atom is 0.227 e. The van der Waals surface area contributed by atoms with Crippen LogP contribution < -0.4 is 10.1 Å². The van der Waals surface area contributed by atoms with Crippen molar-refractivity contribution in [2.75, 3.05) is 25.1 Å². The molecule has 0 spiro atoms. The first-order chi connectivity index (χ1) is 9.29. The smallest absolute Gasteiger partial charge is 0.227 e. The van der Waals surface area contributed by atoms with Crippen LogP contribution in [-0.4, -0.2) is 25.7 Å². The lowest BCUT2D eigenvalue weighted by atomic mass is 9.99. The largest absolute Gasteiger partial charge is 0.479 e. The highest BCUT2D eigenvalue weighted by atomic mass is 16.5.